The molecule has 3 nitrogen and oxygen atoms in total. The highest BCUT2D eigenvalue weighted by atomic mass is 32.2. The maximum Gasteiger partial charge on any atom is 0.124 e. The molecule has 34 valence electrons. The molecule has 0 unspecified atom stereocenters. The van der Waals surface area contributed by atoms with Gasteiger partial charge in [-0.3, -0.25) is 0 Å². The van der Waals surface area contributed by atoms with Gasteiger partial charge in [-0.25, -0.2) is 4.72 Å². The van der Waals surface area contributed by atoms with Crippen LogP contribution in [-0.2, 0) is 0 Å². The average molecular weight is 103 g/mol. The van der Waals surface area contributed by atoms with Crippen molar-refractivity contribution in [3.63, 3.8) is 0 Å². The van der Waals surface area contributed by atoms with Gasteiger partial charge in [0.1, 0.15) is 5.84 Å². The fourth-order valence-electron chi connectivity index (χ4n) is 0.229. The maximum atomic E-state index is 5.20. The summed E-state index contributed by atoms with van der Waals surface area (Å²) in [6.07, 6.45) is 0. The molecule has 1 rings (SSSR count). The smallest absolute Gasteiger partial charge is 0.124 e. The summed E-state index contributed by atoms with van der Waals surface area (Å²) in [5.74, 6) is 0.681. The SMILES string of the molecule is NC1=NSNC1. The molecule has 3 N–H and O–H groups in total. The Morgan fingerprint density at radius 1 is 2.00 bits per heavy atom. The first kappa shape index (κ1) is 3.95. The first-order chi connectivity index (χ1) is 2.89. The fourth-order valence-corrected chi connectivity index (χ4v) is 0.688. The molecule has 0 amide bonds. The highest BCUT2D eigenvalue weighted by molar-refractivity contribution is 7.96. The molecule has 0 aliphatic carbocycles. The average Bonchev–Trinajstić information content (AvgIpc) is 1.86. The fraction of sp³-hybridized carbons (Fsp3) is 0.500. The van der Waals surface area contributed by atoms with Gasteiger partial charge >= 0.3 is 0 Å². The van der Waals surface area contributed by atoms with Crippen LogP contribution >= 0.6 is 12.1 Å². The number of nitrogens with two attached hydrogens (primary N) is 1. The molecule has 0 aromatic rings. The van der Waals surface area contributed by atoms with Crippen LogP contribution < -0.4 is 10.5 Å². The standard InChI is InChI=1S/C2H5N3S/c3-2-1-4-6-5-2/h4H,1H2,(H2,3,5). The molecule has 0 bridgehead atoms. The summed E-state index contributed by atoms with van der Waals surface area (Å²) in [5.41, 5.74) is 5.20. The summed E-state index contributed by atoms with van der Waals surface area (Å²) < 4.78 is 6.60. The van der Waals surface area contributed by atoms with Gasteiger partial charge in [-0.1, -0.05) is 0 Å². The van der Waals surface area contributed by atoms with E-state index in [1.807, 2.05) is 0 Å². The van der Waals surface area contributed by atoms with Crippen LogP contribution in [0.5, 0.6) is 0 Å². The second-order valence-corrected chi connectivity index (χ2v) is 1.65. The van der Waals surface area contributed by atoms with Crippen molar-refractivity contribution < 1.29 is 0 Å². The van der Waals surface area contributed by atoms with Crippen molar-refractivity contribution in [2.24, 2.45) is 10.1 Å². The van der Waals surface area contributed by atoms with Gasteiger partial charge in [-0.2, -0.15) is 4.40 Å². The van der Waals surface area contributed by atoms with E-state index < -0.39 is 0 Å². The van der Waals surface area contributed by atoms with Crippen molar-refractivity contribution in [2.75, 3.05) is 6.54 Å². The van der Waals surface area contributed by atoms with Crippen molar-refractivity contribution in [3.8, 4) is 0 Å². The number of rotatable bonds is 0. The third-order valence-corrected chi connectivity index (χ3v) is 1.08. The molecule has 0 saturated carbocycles. The van der Waals surface area contributed by atoms with E-state index in [2.05, 4.69) is 9.12 Å². The van der Waals surface area contributed by atoms with E-state index in [1.165, 1.54) is 12.1 Å². The second-order valence-electron chi connectivity index (χ2n) is 0.995. The highest BCUT2D eigenvalue weighted by Crippen LogP contribution is 1.98. The van der Waals surface area contributed by atoms with Crippen LogP contribution in [-0.4, -0.2) is 12.4 Å². The Morgan fingerprint density at radius 3 is 3.00 bits per heavy atom. The molecule has 0 aromatic carbocycles. The van der Waals surface area contributed by atoms with Crippen LogP contribution in [0.4, 0.5) is 0 Å². The topological polar surface area (TPSA) is 50.4 Å². The Morgan fingerprint density at radius 2 is 2.83 bits per heavy atom. The lowest BCUT2D eigenvalue weighted by Gasteiger charge is -1.78. The molecule has 0 saturated heterocycles. The molecule has 0 fully saturated rings. The van der Waals surface area contributed by atoms with Gasteiger partial charge in [-0.15, -0.1) is 0 Å². The molecule has 0 radical (unpaired) electrons. The normalized spacial score (nSPS) is 21.0. The lowest BCUT2D eigenvalue weighted by Crippen LogP contribution is -2.17. The minimum absolute atomic E-state index is 0.681. The summed E-state index contributed by atoms with van der Waals surface area (Å²) in [6, 6.07) is 0. The molecule has 0 spiro atoms. The first-order valence-corrected chi connectivity index (χ1v) is 2.38. The van der Waals surface area contributed by atoms with Gasteiger partial charge in [0.2, 0.25) is 0 Å². The van der Waals surface area contributed by atoms with E-state index in [0.717, 1.165) is 6.54 Å². The molecule has 0 aromatic heterocycles. The van der Waals surface area contributed by atoms with E-state index in [0.29, 0.717) is 5.84 Å². The minimum Gasteiger partial charge on any atom is -0.385 e. The van der Waals surface area contributed by atoms with Gasteiger partial charge in [0.15, 0.2) is 0 Å². The molecule has 0 atom stereocenters. The Labute approximate surface area is 40.3 Å². The van der Waals surface area contributed by atoms with Gasteiger partial charge in [0.25, 0.3) is 0 Å². The van der Waals surface area contributed by atoms with Crippen molar-refractivity contribution in [3.05, 3.63) is 0 Å². The number of hydrogen-bond acceptors (Lipinski definition) is 4. The van der Waals surface area contributed by atoms with Crippen molar-refractivity contribution in [1.29, 1.82) is 0 Å². The van der Waals surface area contributed by atoms with Crippen LogP contribution in [0.1, 0.15) is 0 Å². The van der Waals surface area contributed by atoms with E-state index in [1.54, 1.807) is 0 Å². The van der Waals surface area contributed by atoms with Gasteiger partial charge in [0.05, 0.1) is 18.7 Å². The van der Waals surface area contributed by atoms with Crippen molar-refractivity contribution in [1.82, 2.24) is 4.72 Å². The largest absolute Gasteiger partial charge is 0.385 e. The summed E-state index contributed by atoms with van der Waals surface area (Å²) in [6.45, 7) is 0.727. The minimum atomic E-state index is 0.681. The lowest BCUT2D eigenvalue weighted by molar-refractivity contribution is 1.19. The third-order valence-electron chi connectivity index (χ3n) is 0.481. The van der Waals surface area contributed by atoms with Crippen LogP contribution in [0.15, 0.2) is 4.40 Å². The molecule has 1 aliphatic rings. The predicted octanol–water partition coefficient (Wildman–Crippen LogP) is -0.490. The van der Waals surface area contributed by atoms with Crippen molar-refractivity contribution >= 4 is 18.0 Å². The van der Waals surface area contributed by atoms with Crippen LogP contribution in [0.3, 0.4) is 0 Å². The number of amidine groups is 1. The number of hydrogen-bond donors (Lipinski definition) is 2. The second kappa shape index (κ2) is 1.49. The maximum absolute atomic E-state index is 5.20. The highest BCUT2D eigenvalue weighted by Gasteiger charge is 1.97. The Bertz CT molecular complexity index is 78.9. The zero-order chi connectivity index (χ0) is 4.41. The van der Waals surface area contributed by atoms with E-state index in [4.69, 9.17) is 5.73 Å². The number of nitrogens with one attached hydrogen (secondary N) is 1. The zero-order valence-electron chi connectivity index (χ0n) is 3.14. The van der Waals surface area contributed by atoms with Gasteiger partial charge in [0, 0.05) is 0 Å². The first-order valence-electron chi connectivity index (χ1n) is 1.61. The van der Waals surface area contributed by atoms with Crippen LogP contribution in [0, 0.1) is 0 Å². The summed E-state index contributed by atoms with van der Waals surface area (Å²) >= 11 is 1.30. The quantitative estimate of drug-likeness (QED) is 0.407. The molecule has 6 heavy (non-hydrogen) atoms. The van der Waals surface area contributed by atoms with Gasteiger partial charge in [-0.05, 0) is 0 Å². The Hall–Kier alpha value is -0.220. The molecule has 1 aliphatic heterocycles. The Kier molecular flexibility index (Phi) is 0.979. The zero-order valence-corrected chi connectivity index (χ0v) is 3.96. The molecule has 4 heteroatoms. The van der Waals surface area contributed by atoms with Crippen LogP contribution in [0.25, 0.3) is 0 Å². The van der Waals surface area contributed by atoms with Gasteiger partial charge < -0.3 is 5.73 Å². The lowest BCUT2D eigenvalue weighted by atomic mass is 10.6. The molecular formula is C2H5N3S. The summed E-state index contributed by atoms with van der Waals surface area (Å²) in [5, 5.41) is 0. The summed E-state index contributed by atoms with van der Waals surface area (Å²) in [7, 11) is 0. The van der Waals surface area contributed by atoms with Crippen LogP contribution in [0.2, 0.25) is 0 Å². The van der Waals surface area contributed by atoms with E-state index in [9.17, 15) is 0 Å². The predicted molar refractivity (Wildman–Crippen MR) is 27.2 cm³/mol. The summed E-state index contributed by atoms with van der Waals surface area (Å²) in [4.78, 5) is 0. The van der Waals surface area contributed by atoms with E-state index in [-0.39, 0.29) is 0 Å². The molecular weight excluding hydrogens is 98.1 g/mol. The Balaban J connectivity index is 2.45. The molecule has 1 heterocycles. The monoisotopic (exact) mass is 103 g/mol. The third kappa shape index (κ3) is 0.636. The van der Waals surface area contributed by atoms with Crippen molar-refractivity contribution in [2.45, 2.75) is 0 Å². The number of nitrogens with zero attached hydrogens (tertiary/aromatic N) is 1. The van der Waals surface area contributed by atoms with E-state index >= 15 is 0 Å².